The summed E-state index contributed by atoms with van der Waals surface area (Å²) in [4.78, 5) is 0.760. The lowest BCUT2D eigenvalue weighted by atomic mass is 10.2. The van der Waals surface area contributed by atoms with Gasteiger partial charge in [0.25, 0.3) is 0 Å². The van der Waals surface area contributed by atoms with Crippen LogP contribution >= 0.6 is 0 Å². The van der Waals surface area contributed by atoms with Gasteiger partial charge < -0.3 is 9.53 Å². The minimum Gasteiger partial charge on any atom is -0.412 e. The third-order valence-corrected chi connectivity index (χ3v) is 12.4. The Balaban J connectivity index is 2.84. The van der Waals surface area contributed by atoms with E-state index in [0.717, 1.165) is 16.0 Å². The van der Waals surface area contributed by atoms with Gasteiger partial charge >= 0.3 is 0 Å². The molecule has 0 aliphatic rings. The van der Waals surface area contributed by atoms with Crippen LogP contribution in [-0.2, 0) is 15.2 Å². The molecule has 1 rings (SSSR count). The van der Waals surface area contributed by atoms with E-state index in [-0.39, 0.29) is 6.61 Å². The zero-order valence-electron chi connectivity index (χ0n) is 17.9. The molecule has 0 spiro atoms. The zero-order valence-corrected chi connectivity index (χ0v) is 19.7. The number of aliphatic hydroxyl groups excluding tert-OH is 1. The molecule has 0 saturated heterocycles. The van der Waals surface area contributed by atoms with Gasteiger partial charge in [0, 0.05) is 10.3 Å². The van der Waals surface area contributed by atoms with Gasteiger partial charge in [0.2, 0.25) is 8.32 Å². The van der Waals surface area contributed by atoms with Crippen LogP contribution in [0.2, 0.25) is 16.6 Å². The molecule has 0 bridgehead atoms. The highest BCUT2D eigenvalue weighted by Crippen LogP contribution is 2.42. The smallest absolute Gasteiger partial charge is 0.200 e. The third kappa shape index (κ3) is 6.52. The normalized spacial score (nSPS) is 14.7. The second kappa shape index (κ2) is 11.1. The van der Waals surface area contributed by atoms with E-state index < -0.39 is 19.1 Å². The number of aryl methyl sites for hydroxylation is 1. The average molecular weight is 409 g/mol. The van der Waals surface area contributed by atoms with Gasteiger partial charge in [-0.25, -0.2) is 4.21 Å². The highest BCUT2D eigenvalue weighted by Gasteiger charge is 2.44. The second-order valence-electron chi connectivity index (χ2n) is 7.98. The van der Waals surface area contributed by atoms with Gasteiger partial charge in [-0.05, 0) is 47.3 Å². The molecule has 3 nitrogen and oxygen atoms in total. The van der Waals surface area contributed by atoms with Gasteiger partial charge in [0.15, 0.2) is 0 Å². The maximum atomic E-state index is 12.4. The maximum absolute atomic E-state index is 12.4. The number of benzene rings is 1. The standard InChI is InChI=1S/C22H36O3SSi/c1-17(2)27(18(3)4,19(5)6)25-14-12-21(16-23)13-15-26(24)22-10-8-20(7)9-11-22/h8-13,15,17-19,23H,14,16H2,1-7H3/b15-13-,21-12+/t26-/m0/s1. The Labute approximate surface area is 169 Å². The van der Waals surface area contributed by atoms with Crippen molar-refractivity contribution in [2.45, 2.75) is 70.0 Å². The van der Waals surface area contributed by atoms with Crippen molar-refractivity contribution in [1.82, 2.24) is 0 Å². The van der Waals surface area contributed by atoms with Crippen molar-refractivity contribution < 1.29 is 13.7 Å². The number of rotatable bonds is 10. The van der Waals surface area contributed by atoms with Crippen LogP contribution in [0, 0.1) is 6.92 Å². The van der Waals surface area contributed by atoms with E-state index in [2.05, 4.69) is 41.5 Å². The van der Waals surface area contributed by atoms with E-state index >= 15 is 0 Å². The number of hydrogen-bond acceptors (Lipinski definition) is 3. The molecule has 0 heterocycles. The largest absolute Gasteiger partial charge is 0.412 e. The fourth-order valence-corrected chi connectivity index (χ4v) is 10.1. The van der Waals surface area contributed by atoms with E-state index in [4.69, 9.17) is 4.43 Å². The van der Waals surface area contributed by atoms with Crippen molar-refractivity contribution in [1.29, 1.82) is 0 Å². The summed E-state index contributed by atoms with van der Waals surface area (Å²) < 4.78 is 18.9. The van der Waals surface area contributed by atoms with Crippen LogP contribution in [-0.4, -0.2) is 30.8 Å². The predicted octanol–water partition coefficient (Wildman–Crippen LogP) is 5.73. The lowest BCUT2D eigenvalue weighted by molar-refractivity contribution is 0.309. The highest BCUT2D eigenvalue weighted by atomic mass is 32.2. The van der Waals surface area contributed by atoms with Crippen LogP contribution in [0.1, 0.15) is 47.1 Å². The van der Waals surface area contributed by atoms with Gasteiger partial charge in [-0.15, -0.1) is 0 Å². The molecular weight excluding hydrogens is 372 g/mol. The monoisotopic (exact) mass is 408 g/mol. The Kier molecular flexibility index (Phi) is 9.88. The molecule has 0 aromatic heterocycles. The Bertz CT molecular complexity index is 639. The Hall–Kier alpha value is -1.01. The minimum atomic E-state index is -1.92. The first-order valence-electron chi connectivity index (χ1n) is 9.74. The molecule has 0 saturated carbocycles. The Morgan fingerprint density at radius 1 is 1.07 bits per heavy atom. The molecule has 5 heteroatoms. The lowest BCUT2D eigenvalue weighted by Crippen LogP contribution is -2.47. The fraction of sp³-hybridized carbons (Fsp3) is 0.545. The second-order valence-corrected chi connectivity index (χ2v) is 14.8. The maximum Gasteiger partial charge on any atom is 0.200 e. The highest BCUT2D eigenvalue weighted by molar-refractivity contribution is 7.88. The zero-order chi connectivity index (χ0) is 20.6. The molecule has 0 unspecified atom stereocenters. The quantitative estimate of drug-likeness (QED) is 0.397. The summed E-state index contributed by atoms with van der Waals surface area (Å²) in [7, 11) is -3.14. The van der Waals surface area contributed by atoms with E-state index in [1.165, 1.54) is 0 Å². The summed E-state index contributed by atoms with van der Waals surface area (Å²) in [6, 6.07) is 7.64. The third-order valence-electron chi connectivity index (χ3n) is 5.23. The summed E-state index contributed by atoms with van der Waals surface area (Å²) in [5.74, 6) is 0. The topological polar surface area (TPSA) is 46.5 Å². The van der Waals surface area contributed by atoms with Gasteiger partial charge in [0.05, 0.1) is 24.0 Å². The SMILES string of the molecule is Cc1ccc([S@@](=O)/C=C\C(=C/CO[Si](C(C)C)(C(C)C)C(C)C)CO)cc1. The van der Waals surface area contributed by atoms with Crippen LogP contribution in [0.3, 0.4) is 0 Å². The van der Waals surface area contributed by atoms with Gasteiger partial charge in [-0.1, -0.05) is 65.3 Å². The van der Waals surface area contributed by atoms with Crippen molar-refractivity contribution >= 4 is 19.1 Å². The first-order valence-corrected chi connectivity index (χ1v) is 13.1. The molecule has 0 aliphatic heterocycles. The molecule has 1 atom stereocenters. The first kappa shape index (κ1) is 24.0. The lowest BCUT2D eigenvalue weighted by Gasteiger charge is -2.42. The van der Waals surface area contributed by atoms with Crippen LogP contribution in [0.25, 0.3) is 0 Å². The molecular formula is C22H36O3SSi. The van der Waals surface area contributed by atoms with Crippen LogP contribution < -0.4 is 0 Å². The summed E-state index contributed by atoms with van der Waals surface area (Å²) >= 11 is 0. The summed E-state index contributed by atoms with van der Waals surface area (Å²) in [6.45, 7) is 15.9. The van der Waals surface area contributed by atoms with Crippen molar-refractivity contribution in [2.75, 3.05) is 13.2 Å². The molecule has 0 aliphatic carbocycles. The van der Waals surface area contributed by atoms with Crippen LogP contribution in [0.5, 0.6) is 0 Å². The van der Waals surface area contributed by atoms with Crippen LogP contribution in [0.4, 0.5) is 0 Å². The summed E-state index contributed by atoms with van der Waals surface area (Å²) in [6.07, 6.45) is 3.65. The average Bonchev–Trinajstić information content (AvgIpc) is 2.60. The molecule has 1 aromatic rings. The van der Waals surface area contributed by atoms with Crippen molar-refractivity contribution in [3.8, 4) is 0 Å². The van der Waals surface area contributed by atoms with Gasteiger partial charge in [-0.2, -0.15) is 0 Å². The number of aliphatic hydroxyl groups is 1. The van der Waals surface area contributed by atoms with E-state index in [9.17, 15) is 9.32 Å². The number of hydrogen-bond donors (Lipinski definition) is 1. The molecule has 1 aromatic carbocycles. The molecule has 1 N–H and O–H groups in total. The Morgan fingerprint density at radius 3 is 2.04 bits per heavy atom. The summed E-state index contributed by atoms with van der Waals surface area (Å²) in [5, 5.41) is 11.3. The van der Waals surface area contributed by atoms with Crippen molar-refractivity contribution in [2.24, 2.45) is 0 Å². The minimum absolute atomic E-state index is 0.0927. The molecule has 0 fully saturated rings. The van der Waals surface area contributed by atoms with Crippen molar-refractivity contribution in [3.63, 3.8) is 0 Å². The van der Waals surface area contributed by atoms with Crippen molar-refractivity contribution in [3.05, 3.63) is 53.0 Å². The van der Waals surface area contributed by atoms with E-state index in [1.54, 1.807) is 11.5 Å². The van der Waals surface area contributed by atoms with E-state index in [0.29, 0.717) is 23.2 Å². The van der Waals surface area contributed by atoms with Gasteiger partial charge in [0.1, 0.15) is 0 Å². The molecule has 0 amide bonds. The Morgan fingerprint density at radius 2 is 1.59 bits per heavy atom. The van der Waals surface area contributed by atoms with Crippen LogP contribution in [0.15, 0.2) is 52.3 Å². The fourth-order valence-electron chi connectivity index (χ4n) is 3.88. The molecule has 0 radical (unpaired) electrons. The first-order chi connectivity index (χ1) is 12.6. The summed E-state index contributed by atoms with van der Waals surface area (Å²) in [5.41, 5.74) is 3.43. The molecule has 27 heavy (non-hydrogen) atoms. The predicted molar refractivity (Wildman–Crippen MR) is 119 cm³/mol. The van der Waals surface area contributed by atoms with Gasteiger partial charge in [-0.3, -0.25) is 0 Å². The molecule has 152 valence electrons. The van der Waals surface area contributed by atoms with E-state index in [1.807, 2.05) is 37.3 Å².